The Balaban J connectivity index is 1.55. The lowest BCUT2D eigenvalue weighted by Crippen LogP contribution is -2.31. The van der Waals surface area contributed by atoms with Crippen LogP contribution in [0.15, 0.2) is 48.8 Å². The van der Waals surface area contributed by atoms with E-state index in [-0.39, 0.29) is 30.3 Å². The molecule has 2 atom stereocenters. The zero-order valence-electron chi connectivity index (χ0n) is 17.8. The van der Waals surface area contributed by atoms with E-state index in [1.165, 1.54) is 12.1 Å². The van der Waals surface area contributed by atoms with E-state index in [0.29, 0.717) is 35.9 Å². The number of hydrogen-bond donors (Lipinski definition) is 2. The molecule has 3 aromatic rings. The second-order valence-corrected chi connectivity index (χ2v) is 7.64. The van der Waals surface area contributed by atoms with Crippen molar-refractivity contribution in [3.63, 3.8) is 0 Å². The topological polar surface area (TPSA) is 98.1 Å². The van der Waals surface area contributed by atoms with Gasteiger partial charge in [-0.15, -0.1) is 0 Å². The summed E-state index contributed by atoms with van der Waals surface area (Å²) in [5, 5.41) is 5.81. The predicted octanol–water partition coefficient (Wildman–Crippen LogP) is 2.93. The van der Waals surface area contributed by atoms with Crippen molar-refractivity contribution in [1.29, 1.82) is 0 Å². The first kappa shape index (κ1) is 21.6. The molecule has 166 valence electrons. The van der Waals surface area contributed by atoms with Crippen LogP contribution in [-0.2, 0) is 17.9 Å². The quantitative estimate of drug-likeness (QED) is 0.618. The van der Waals surface area contributed by atoms with Crippen LogP contribution in [0.2, 0.25) is 0 Å². The summed E-state index contributed by atoms with van der Waals surface area (Å²) in [6, 6.07) is 8.53. The molecule has 1 aliphatic rings. The van der Waals surface area contributed by atoms with Gasteiger partial charge in [-0.25, -0.2) is 14.4 Å². The Morgan fingerprint density at radius 1 is 1.06 bits per heavy atom. The highest BCUT2D eigenvalue weighted by molar-refractivity contribution is 6.01. The van der Waals surface area contributed by atoms with Gasteiger partial charge in [-0.05, 0) is 43.7 Å². The molecule has 0 saturated heterocycles. The van der Waals surface area contributed by atoms with Crippen molar-refractivity contribution >= 4 is 11.8 Å². The third-order valence-electron chi connectivity index (χ3n) is 5.42. The van der Waals surface area contributed by atoms with Gasteiger partial charge in [-0.1, -0.05) is 12.1 Å². The van der Waals surface area contributed by atoms with Crippen molar-refractivity contribution in [3.8, 4) is 0 Å². The van der Waals surface area contributed by atoms with Gasteiger partial charge in [-0.2, -0.15) is 0 Å². The number of hydrogen-bond acceptors (Lipinski definition) is 5. The van der Waals surface area contributed by atoms with Crippen molar-refractivity contribution in [1.82, 2.24) is 25.2 Å². The maximum absolute atomic E-state index is 13.2. The van der Waals surface area contributed by atoms with Gasteiger partial charge in [0.1, 0.15) is 17.3 Å². The van der Waals surface area contributed by atoms with Crippen molar-refractivity contribution < 1.29 is 18.7 Å². The van der Waals surface area contributed by atoms with E-state index in [9.17, 15) is 14.0 Å². The molecular weight excluding hydrogens is 413 g/mol. The molecule has 1 aromatic carbocycles. The molecule has 0 unspecified atom stereocenters. The fraction of sp³-hybridized carbons (Fsp3) is 0.304. The van der Waals surface area contributed by atoms with Crippen LogP contribution in [0.4, 0.5) is 4.39 Å². The van der Waals surface area contributed by atoms with Crippen molar-refractivity contribution in [2.45, 2.75) is 39.1 Å². The predicted molar refractivity (Wildman–Crippen MR) is 114 cm³/mol. The van der Waals surface area contributed by atoms with Gasteiger partial charge in [0.05, 0.1) is 36.6 Å². The number of rotatable bonds is 6. The van der Waals surface area contributed by atoms with E-state index in [1.807, 2.05) is 11.5 Å². The zero-order chi connectivity index (χ0) is 22.7. The Bertz CT molecular complexity index is 1110. The first-order valence-electron chi connectivity index (χ1n) is 10.4. The van der Waals surface area contributed by atoms with Crippen LogP contribution in [0.3, 0.4) is 0 Å². The summed E-state index contributed by atoms with van der Waals surface area (Å²) in [4.78, 5) is 34.4. The Morgan fingerprint density at radius 2 is 1.75 bits per heavy atom. The Hall–Kier alpha value is -3.59. The lowest BCUT2D eigenvalue weighted by molar-refractivity contribution is 0.0774. The molecule has 0 fully saturated rings. The second kappa shape index (κ2) is 9.27. The molecule has 2 amide bonds. The minimum absolute atomic E-state index is 0.234. The van der Waals surface area contributed by atoms with E-state index in [2.05, 4.69) is 20.6 Å². The molecule has 0 bridgehead atoms. The number of ether oxygens (including phenoxy) is 1. The van der Waals surface area contributed by atoms with Gasteiger partial charge in [0.15, 0.2) is 0 Å². The van der Waals surface area contributed by atoms with Crippen molar-refractivity contribution in [2.75, 3.05) is 6.61 Å². The summed E-state index contributed by atoms with van der Waals surface area (Å²) >= 11 is 0. The van der Waals surface area contributed by atoms with Gasteiger partial charge in [0.2, 0.25) is 0 Å². The highest BCUT2D eigenvalue weighted by atomic mass is 19.1. The molecule has 2 N–H and O–H groups in total. The van der Waals surface area contributed by atoms with Gasteiger partial charge < -0.3 is 19.9 Å². The number of nitrogens with zero attached hydrogens (tertiary/aromatic N) is 3. The van der Waals surface area contributed by atoms with Crippen LogP contribution in [0.1, 0.15) is 63.9 Å². The highest BCUT2D eigenvalue weighted by Crippen LogP contribution is 2.23. The molecule has 0 spiro atoms. The number of halogens is 1. The summed E-state index contributed by atoms with van der Waals surface area (Å²) in [5.74, 6) is -0.481. The van der Waals surface area contributed by atoms with Gasteiger partial charge in [-0.3, -0.25) is 9.59 Å². The van der Waals surface area contributed by atoms with Crippen LogP contribution in [0.25, 0.3) is 0 Å². The normalized spacial score (nSPS) is 14.8. The molecule has 0 radical (unpaired) electrons. The summed E-state index contributed by atoms with van der Waals surface area (Å²) in [7, 11) is 0. The van der Waals surface area contributed by atoms with Crippen LogP contribution >= 0.6 is 0 Å². The highest BCUT2D eigenvalue weighted by Gasteiger charge is 2.27. The summed E-state index contributed by atoms with van der Waals surface area (Å²) in [5.41, 5.74) is 2.19. The number of aromatic nitrogens is 3. The van der Waals surface area contributed by atoms with Gasteiger partial charge >= 0.3 is 0 Å². The molecule has 0 saturated carbocycles. The number of amides is 2. The minimum Gasteiger partial charge on any atom is -0.373 e. The number of benzene rings is 1. The SMILES string of the molecule is C[C@@H](NC(=O)c1cc(C(=O)N[C@H](C)c2ncccn2)n2c1COCC2)c1ccc(F)cc1. The van der Waals surface area contributed by atoms with E-state index in [0.717, 1.165) is 5.56 Å². The van der Waals surface area contributed by atoms with Crippen LogP contribution < -0.4 is 10.6 Å². The van der Waals surface area contributed by atoms with E-state index in [1.54, 1.807) is 43.6 Å². The maximum Gasteiger partial charge on any atom is 0.268 e. The Labute approximate surface area is 184 Å². The van der Waals surface area contributed by atoms with E-state index in [4.69, 9.17) is 4.74 Å². The van der Waals surface area contributed by atoms with E-state index >= 15 is 0 Å². The number of carbonyl (C=O) groups is 2. The lowest BCUT2D eigenvalue weighted by Gasteiger charge is -2.20. The third-order valence-corrected chi connectivity index (χ3v) is 5.42. The van der Waals surface area contributed by atoms with Crippen molar-refractivity contribution in [3.05, 3.63) is 82.9 Å². The van der Waals surface area contributed by atoms with Crippen LogP contribution in [0, 0.1) is 5.82 Å². The minimum atomic E-state index is -0.398. The van der Waals surface area contributed by atoms with Crippen LogP contribution in [-0.4, -0.2) is 33.0 Å². The van der Waals surface area contributed by atoms with Crippen LogP contribution in [0.5, 0.6) is 0 Å². The lowest BCUT2D eigenvalue weighted by atomic mass is 10.1. The summed E-state index contributed by atoms with van der Waals surface area (Å²) < 4.78 is 20.5. The van der Waals surface area contributed by atoms with Crippen molar-refractivity contribution in [2.24, 2.45) is 0 Å². The summed E-state index contributed by atoms with van der Waals surface area (Å²) in [6.45, 7) is 4.77. The maximum atomic E-state index is 13.2. The molecule has 2 aromatic heterocycles. The third kappa shape index (κ3) is 4.52. The second-order valence-electron chi connectivity index (χ2n) is 7.64. The average molecular weight is 437 g/mol. The fourth-order valence-electron chi connectivity index (χ4n) is 3.69. The first-order valence-corrected chi connectivity index (χ1v) is 10.4. The van der Waals surface area contributed by atoms with Gasteiger partial charge in [0, 0.05) is 18.9 Å². The number of fused-ring (bicyclic) bond motifs is 1. The molecule has 9 heteroatoms. The Morgan fingerprint density at radius 3 is 2.47 bits per heavy atom. The molecular formula is C23H24FN5O3. The first-order chi connectivity index (χ1) is 15.4. The van der Waals surface area contributed by atoms with E-state index < -0.39 is 6.04 Å². The fourth-order valence-corrected chi connectivity index (χ4v) is 3.69. The Kier molecular flexibility index (Phi) is 6.27. The largest absolute Gasteiger partial charge is 0.373 e. The summed E-state index contributed by atoms with van der Waals surface area (Å²) in [6.07, 6.45) is 3.23. The molecule has 32 heavy (non-hydrogen) atoms. The van der Waals surface area contributed by atoms with Gasteiger partial charge in [0.25, 0.3) is 11.8 Å². The average Bonchev–Trinajstić information content (AvgIpc) is 3.20. The zero-order valence-corrected chi connectivity index (χ0v) is 17.8. The molecule has 3 heterocycles. The molecule has 4 rings (SSSR count). The smallest absolute Gasteiger partial charge is 0.268 e. The number of carbonyl (C=O) groups excluding carboxylic acids is 2. The monoisotopic (exact) mass is 437 g/mol. The molecule has 8 nitrogen and oxygen atoms in total. The number of nitrogens with one attached hydrogen (secondary N) is 2. The molecule has 0 aliphatic carbocycles. The molecule has 1 aliphatic heterocycles. The standard InChI is InChI=1S/C23H24FN5O3/c1-14(16-4-6-17(24)7-5-16)27-22(30)18-12-19(29-10-11-32-13-20(18)29)23(31)28-15(2)21-25-8-3-9-26-21/h3-9,12,14-15H,10-11,13H2,1-2H3,(H,27,30)(H,28,31)/t14-,15-/m1/s1.